The van der Waals surface area contributed by atoms with Gasteiger partial charge in [-0.1, -0.05) is 46.0 Å². The molecule has 0 heteroatoms. The Balaban J connectivity index is 2.02. The lowest BCUT2D eigenvalue weighted by molar-refractivity contribution is -0.110. The predicted octanol–water partition coefficient (Wildman–Crippen LogP) is 5.32. The molecule has 0 aliphatic heterocycles. The van der Waals surface area contributed by atoms with Crippen molar-refractivity contribution in [2.45, 2.75) is 84.5 Å². The van der Waals surface area contributed by atoms with Crippen LogP contribution in [0.5, 0.6) is 0 Å². The van der Waals surface area contributed by atoms with E-state index in [0.29, 0.717) is 0 Å². The minimum Gasteiger partial charge on any atom is -0.0654 e. The van der Waals surface area contributed by atoms with E-state index in [2.05, 4.69) is 13.8 Å². The Morgan fingerprint density at radius 2 is 1.27 bits per heavy atom. The standard InChI is InChI=1S/C15H28/c1-3-5-9-15(12-7-13-15)14(8-4-2)10-6-11-14/h3-13H2,1-2H3. The van der Waals surface area contributed by atoms with Crippen molar-refractivity contribution in [2.75, 3.05) is 0 Å². The highest BCUT2D eigenvalue weighted by molar-refractivity contribution is 5.06. The van der Waals surface area contributed by atoms with Crippen molar-refractivity contribution in [2.24, 2.45) is 10.8 Å². The van der Waals surface area contributed by atoms with Gasteiger partial charge in [-0.3, -0.25) is 0 Å². The van der Waals surface area contributed by atoms with Crippen LogP contribution in [-0.4, -0.2) is 0 Å². The Bertz CT molecular complexity index is 196. The molecule has 2 aliphatic carbocycles. The number of hydrogen-bond acceptors (Lipinski definition) is 0. The minimum absolute atomic E-state index is 0.815. The lowest BCUT2D eigenvalue weighted by Crippen LogP contribution is -2.51. The van der Waals surface area contributed by atoms with E-state index in [9.17, 15) is 0 Å². The third-order valence-electron chi connectivity index (χ3n) is 5.48. The van der Waals surface area contributed by atoms with Gasteiger partial charge in [-0.15, -0.1) is 0 Å². The molecule has 15 heavy (non-hydrogen) atoms. The maximum atomic E-state index is 2.38. The molecule has 0 radical (unpaired) electrons. The van der Waals surface area contributed by atoms with Gasteiger partial charge in [-0.2, -0.15) is 0 Å². The summed E-state index contributed by atoms with van der Waals surface area (Å²) in [5, 5.41) is 0. The van der Waals surface area contributed by atoms with Gasteiger partial charge < -0.3 is 0 Å². The molecule has 2 fully saturated rings. The summed E-state index contributed by atoms with van der Waals surface area (Å²) in [4.78, 5) is 0. The van der Waals surface area contributed by atoms with E-state index >= 15 is 0 Å². The summed E-state index contributed by atoms with van der Waals surface area (Å²) in [6.45, 7) is 4.73. The fourth-order valence-electron chi connectivity index (χ4n) is 4.29. The second-order valence-electron chi connectivity index (χ2n) is 6.12. The van der Waals surface area contributed by atoms with Crippen molar-refractivity contribution in [1.29, 1.82) is 0 Å². The molecule has 0 nitrogen and oxygen atoms in total. The van der Waals surface area contributed by atoms with Crippen molar-refractivity contribution in [3.8, 4) is 0 Å². The van der Waals surface area contributed by atoms with E-state index in [1.807, 2.05) is 0 Å². The fourth-order valence-corrected chi connectivity index (χ4v) is 4.29. The quantitative estimate of drug-likeness (QED) is 0.554. The molecule has 0 aromatic rings. The molecular weight excluding hydrogens is 180 g/mol. The van der Waals surface area contributed by atoms with Crippen LogP contribution in [0.3, 0.4) is 0 Å². The van der Waals surface area contributed by atoms with Crippen LogP contribution in [0.15, 0.2) is 0 Å². The molecule has 0 heterocycles. The molecule has 0 aromatic carbocycles. The Hall–Kier alpha value is 0. The second-order valence-corrected chi connectivity index (χ2v) is 6.12. The van der Waals surface area contributed by atoms with Crippen LogP contribution in [0.2, 0.25) is 0 Å². The lowest BCUT2D eigenvalue weighted by Gasteiger charge is -2.62. The maximum Gasteiger partial charge on any atom is -0.0241 e. The first-order valence-corrected chi connectivity index (χ1v) is 7.29. The van der Waals surface area contributed by atoms with Crippen LogP contribution in [0.25, 0.3) is 0 Å². The summed E-state index contributed by atoms with van der Waals surface area (Å²) < 4.78 is 0. The van der Waals surface area contributed by atoms with Gasteiger partial charge in [0.1, 0.15) is 0 Å². The third-order valence-corrected chi connectivity index (χ3v) is 5.48. The Labute approximate surface area is 95.8 Å². The summed E-state index contributed by atoms with van der Waals surface area (Å²) in [5.74, 6) is 0. The molecule has 2 aliphatic rings. The zero-order chi connectivity index (χ0) is 10.8. The van der Waals surface area contributed by atoms with E-state index in [1.165, 1.54) is 38.5 Å². The Morgan fingerprint density at radius 3 is 1.60 bits per heavy atom. The van der Waals surface area contributed by atoms with Crippen LogP contribution in [-0.2, 0) is 0 Å². The molecule has 2 saturated carbocycles. The van der Waals surface area contributed by atoms with E-state index in [0.717, 1.165) is 10.8 Å². The Morgan fingerprint density at radius 1 is 0.733 bits per heavy atom. The summed E-state index contributed by atoms with van der Waals surface area (Å²) in [6, 6.07) is 0. The first-order valence-electron chi connectivity index (χ1n) is 7.29. The molecule has 0 saturated heterocycles. The number of hydrogen-bond donors (Lipinski definition) is 0. The molecule has 0 atom stereocenters. The first kappa shape index (κ1) is 11.5. The molecule has 0 N–H and O–H groups in total. The normalized spacial score (nSPS) is 26.8. The van der Waals surface area contributed by atoms with Gasteiger partial charge in [0.15, 0.2) is 0 Å². The Kier molecular flexibility index (Phi) is 3.42. The SMILES string of the molecule is CCCCC1(C2(CCC)CCC2)CCC1. The zero-order valence-electron chi connectivity index (χ0n) is 10.8. The van der Waals surface area contributed by atoms with Crippen molar-refractivity contribution in [1.82, 2.24) is 0 Å². The highest BCUT2D eigenvalue weighted by Gasteiger charge is 2.55. The van der Waals surface area contributed by atoms with Gasteiger partial charge in [0.2, 0.25) is 0 Å². The van der Waals surface area contributed by atoms with Crippen LogP contribution >= 0.6 is 0 Å². The van der Waals surface area contributed by atoms with Gasteiger partial charge in [0.05, 0.1) is 0 Å². The van der Waals surface area contributed by atoms with E-state index < -0.39 is 0 Å². The van der Waals surface area contributed by atoms with Crippen LogP contribution in [0.4, 0.5) is 0 Å². The third kappa shape index (κ3) is 1.74. The summed E-state index contributed by atoms with van der Waals surface area (Å²) in [5.41, 5.74) is 1.63. The maximum absolute atomic E-state index is 2.38. The smallest absolute Gasteiger partial charge is 0.0241 e. The van der Waals surface area contributed by atoms with Crippen LogP contribution < -0.4 is 0 Å². The zero-order valence-corrected chi connectivity index (χ0v) is 10.8. The average molecular weight is 208 g/mol. The van der Waals surface area contributed by atoms with Gasteiger partial charge in [0, 0.05) is 0 Å². The predicted molar refractivity (Wildman–Crippen MR) is 67.0 cm³/mol. The molecule has 0 aromatic heterocycles. The fraction of sp³-hybridized carbons (Fsp3) is 1.00. The van der Waals surface area contributed by atoms with Crippen molar-refractivity contribution < 1.29 is 0 Å². The van der Waals surface area contributed by atoms with Crippen molar-refractivity contribution >= 4 is 0 Å². The average Bonchev–Trinajstić information content (AvgIpc) is 2.12. The second kappa shape index (κ2) is 4.47. The molecule has 0 bridgehead atoms. The molecule has 0 amide bonds. The van der Waals surface area contributed by atoms with Crippen LogP contribution in [0, 0.1) is 10.8 Å². The van der Waals surface area contributed by atoms with Crippen molar-refractivity contribution in [3.63, 3.8) is 0 Å². The van der Waals surface area contributed by atoms with Gasteiger partial charge >= 0.3 is 0 Å². The van der Waals surface area contributed by atoms with Gasteiger partial charge in [0.25, 0.3) is 0 Å². The van der Waals surface area contributed by atoms with E-state index in [4.69, 9.17) is 0 Å². The monoisotopic (exact) mass is 208 g/mol. The highest BCUT2D eigenvalue weighted by atomic mass is 14.6. The molecule has 2 rings (SSSR count). The van der Waals surface area contributed by atoms with E-state index in [1.54, 1.807) is 32.1 Å². The van der Waals surface area contributed by atoms with Gasteiger partial charge in [-0.05, 0) is 49.4 Å². The molecular formula is C15H28. The van der Waals surface area contributed by atoms with Crippen molar-refractivity contribution in [3.05, 3.63) is 0 Å². The molecule has 0 unspecified atom stereocenters. The van der Waals surface area contributed by atoms with E-state index in [-0.39, 0.29) is 0 Å². The summed E-state index contributed by atoms with van der Waals surface area (Å²) in [6.07, 6.45) is 16.6. The highest BCUT2D eigenvalue weighted by Crippen LogP contribution is 2.66. The summed E-state index contributed by atoms with van der Waals surface area (Å²) >= 11 is 0. The molecule has 0 spiro atoms. The largest absolute Gasteiger partial charge is 0.0654 e. The molecule has 88 valence electrons. The minimum atomic E-state index is 0.815. The summed E-state index contributed by atoms with van der Waals surface area (Å²) in [7, 11) is 0. The topological polar surface area (TPSA) is 0 Å². The first-order chi connectivity index (χ1) is 7.29. The van der Waals surface area contributed by atoms with Gasteiger partial charge in [-0.25, -0.2) is 0 Å². The number of unbranched alkanes of at least 4 members (excludes halogenated alkanes) is 1. The number of rotatable bonds is 6. The van der Waals surface area contributed by atoms with Crippen LogP contribution in [0.1, 0.15) is 84.5 Å². The lowest BCUT2D eigenvalue weighted by atomic mass is 9.43.